The average Bonchev–Trinajstić information content (AvgIpc) is 3.76. The number of hydrogen-bond acceptors (Lipinski definition) is 2. The van der Waals surface area contributed by atoms with Crippen molar-refractivity contribution in [2.75, 3.05) is 4.90 Å². The van der Waals surface area contributed by atoms with Crippen molar-refractivity contribution in [2.45, 2.75) is 26.2 Å². The minimum absolute atomic E-state index is 0.138. The Hall–Kier alpha value is -7.16. The third-order valence-electron chi connectivity index (χ3n) is 12.0. The number of hydrogen-bond donors (Lipinski definition) is 0. The second-order valence-corrected chi connectivity index (χ2v) is 15.7. The molecule has 0 radical (unpaired) electrons. The number of anilines is 3. The van der Waals surface area contributed by atoms with Crippen LogP contribution in [0.25, 0.3) is 78.6 Å². The molecule has 0 aliphatic heterocycles. The fraction of sp³-hybridized carbons (Fsp3) is 0.0714. The normalized spacial score (nSPS) is 12.9. The minimum Gasteiger partial charge on any atom is -0.455 e. The summed E-state index contributed by atoms with van der Waals surface area (Å²) in [6.45, 7) is 10.9. The third kappa shape index (κ3) is 5.72. The maximum atomic E-state index is 6.46. The molecule has 0 amide bonds. The number of fused-ring (bicyclic) bond motifs is 6. The van der Waals surface area contributed by atoms with Gasteiger partial charge in [-0.3, -0.25) is 0 Å². The summed E-state index contributed by atoms with van der Waals surface area (Å²) in [5.41, 5.74) is 19.4. The van der Waals surface area contributed by atoms with Crippen LogP contribution in [0.15, 0.2) is 193 Å². The molecule has 278 valence electrons. The van der Waals surface area contributed by atoms with E-state index in [4.69, 9.17) is 4.42 Å². The van der Waals surface area contributed by atoms with E-state index in [1.54, 1.807) is 0 Å². The lowest BCUT2D eigenvalue weighted by atomic mass is 9.82. The van der Waals surface area contributed by atoms with Crippen LogP contribution in [0.1, 0.15) is 43.0 Å². The van der Waals surface area contributed by atoms with Gasteiger partial charge in [-0.2, -0.15) is 0 Å². The molecule has 0 saturated carbocycles. The number of para-hydroxylation sites is 3. The van der Waals surface area contributed by atoms with Gasteiger partial charge in [0.05, 0.1) is 5.69 Å². The van der Waals surface area contributed by atoms with Crippen LogP contribution in [0, 0.1) is 0 Å². The highest BCUT2D eigenvalue weighted by Gasteiger charge is 2.36. The van der Waals surface area contributed by atoms with Crippen LogP contribution >= 0.6 is 0 Å². The highest BCUT2D eigenvalue weighted by atomic mass is 16.3. The summed E-state index contributed by atoms with van der Waals surface area (Å²) < 4.78 is 6.46. The van der Waals surface area contributed by atoms with Gasteiger partial charge in [-0.1, -0.05) is 172 Å². The van der Waals surface area contributed by atoms with Crippen LogP contribution < -0.4 is 4.90 Å². The Labute approximate surface area is 340 Å². The summed E-state index contributed by atoms with van der Waals surface area (Å²) in [4.78, 5) is 2.43. The lowest BCUT2D eigenvalue weighted by Crippen LogP contribution is -2.16. The smallest absolute Gasteiger partial charge is 0.143 e. The number of nitrogens with zero attached hydrogens (tertiary/aromatic N) is 1. The second-order valence-electron chi connectivity index (χ2n) is 15.7. The number of rotatable bonds is 8. The molecule has 10 rings (SSSR count). The van der Waals surface area contributed by atoms with Gasteiger partial charge in [0.2, 0.25) is 0 Å². The molecule has 1 aliphatic carbocycles. The van der Waals surface area contributed by atoms with Crippen LogP contribution in [0.4, 0.5) is 17.1 Å². The first-order chi connectivity index (χ1) is 28.4. The van der Waals surface area contributed by atoms with Crippen LogP contribution in [0.5, 0.6) is 0 Å². The molecule has 0 unspecified atom stereocenters. The summed E-state index contributed by atoms with van der Waals surface area (Å²) in [7, 11) is 0. The van der Waals surface area contributed by atoms with Crippen molar-refractivity contribution in [1.29, 1.82) is 0 Å². The standard InChI is InChI=1S/C56H43NO/c1-5-16-43-37(6-2)17-14-23-44(43)39-18-13-19-40(35-39)45-20-8-11-27-53(45)57(42-33-34-48-47-21-7-10-26-51(47)56(3,4)52(48)36-42)41-31-29-38(30-32-41)46-24-15-25-50-49-22-9-12-28-54(49)58-55(46)50/h5-36H,2H2,1,3-4H3/b16-5-. The van der Waals surface area contributed by atoms with E-state index in [1.807, 2.05) is 18.2 Å². The maximum absolute atomic E-state index is 6.46. The molecule has 0 fully saturated rings. The van der Waals surface area contributed by atoms with Crippen molar-refractivity contribution in [2.24, 2.45) is 0 Å². The van der Waals surface area contributed by atoms with Crippen molar-refractivity contribution in [3.05, 3.63) is 211 Å². The van der Waals surface area contributed by atoms with E-state index < -0.39 is 0 Å². The zero-order valence-electron chi connectivity index (χ0n) is 33.0. The minimum atomic E-state index is -0.138. The summed E-state index contributed by atoms with van der Waals surface area (Å²) in [6.07, 6.45) is 6.22. The van der Waals surface area contributed by atoms with E-state index in [9.17, 15) is 0 Å². The molecule has 0 bridgehead atoms. The number of benzene rings is 8. The molecule has 2 heteroatoms. The molecule has 1 aliphatic rings. The topological polar surface area (TPSA) is 16.4 Å². The van der Waals surface area contributed by atoms with Gasteiger partial charge in [-0.25, -0.2) is 0 Å². The first-order valence-corrected chi connectivity index (χ1v) is 20.1. The molecule has 2 nitrogen and oxygen atoms in total. The van der Waals surface area contributed by atoms with Crippen LogP contribution in [0.2, 0.25) is 0 Å². The van der Waals surface area contributed by atoms with Crippen molar-refractivity contribution in [3.8, 4) is 44.5 Å². The fourth-order valence-corrected chi connectivity index (χ4v) is 9.16. The average molecular weight is 746 g/mol. The fourth-order valence-electron chi connectivity index (χ4n) is 9.16. The van der Waals surface area contributed by atoms with E-state index in [-0.39, 0.29) is 5.41 Å². The lowest BCUT2D eigenvalue weighted by Gasteiger charge is -2.30. The Balaban J connectivity index is 1.14. The monoisotopic (exact) mass is 745 g/mol. The van der Waals surface area contributed by atoms with Crippen LogP contribution in [-0.2, 0) is 5.41 Å². The summed E-state index contributed by atoms with van der Waals surface area (Å²) in [5.74, 6) is 0. The molecule has 8 aromatic carbocycles. The molecule has 0 atom stereocenters. The zero-order chi connectivity index (χ0) is 39.4. The highest BCUT2D eigenvalue weighted by molar-refractivity contribution is 6.09. The first-order valence-electron chi connectivity index (χ1n) is 20.1. The first kappa shape index (κ1) is 35.3. The van der Waals surface area contributed by atoms with Gasteiger partial charge in [0.25, 0.3) is 0 Å². The second kappa shape index (κ2) is 14.1. The summed E-state index contributed by atoms with van der Waals surface area (Å²) >= 11 is 0. The van der Waals surface area contributed by atoms with Gasteiger partial charge in [-0.15, -0.1) is 0 Å². The molecule has 9 aromatic rings. The van der Waals surface area contributed by atoms with Gasteiger partial charge in [0.15, 0.2) is 0 Å². The van der Waals surface area contributed by atoms with Crippen LogP contribution in [0.3, 0.4) is 0 Å². The van der Waals surface area contributed by atoms with E-state index in [0.29, 0.717) is 0 Å². The lowest BCUT2D eigenvalue weighted by molar-refractivity contribution is 0.660. The Morgan fingerprint density at radius 3 is 1.98 bits per heavy atom. The van der Waals surface area contributed by atoms with Gasteiger partial charge >= 0.3 is 0 Å². The molecular formula is C56H43NO. The zero-order valence-corrected chi connectivity index (χ0v) is 33.0. The summed E-state index contributed by atoms with van der Waals surface area (Å²) in [5, 5.41) is 2.27. The van der Waals surface area contributed by atoms with Crippen molar-refractivity contribution >= 4 is 51.2 Å². The molecule has 0 spiro atoms. The molecule has 0 saturated heterocycles. The molecule has 58 heavy (non-hydrogen) atoms. The predicted molar refractivity (Wildman–Crippen MR) is 247 cm³/mol. The SMILES string of the molecule is C=Cc1cccc(-c2cccc(-c3ccccc3N(c3ccc(-c4cccc5c4oc4ccccc45)cc3)c3ccc4c(c3)C(C)(C)c3ccccc3-4)c2)c1/C=C\C. The molecule has 0 N–H and O–H groups in total. The van der Waals surface area contributed by atoms with Gasteiger partial charge < -0.3 is 9.32 Å². The Morgan fingerprint density at radius 1 is 0.517 bits per heavy atom. The van der Waals surface area contributed by atoms with Crippen LogP contribution in [-0.4, -0.2) is 0 Å². The largest absolute Gasteiger partial charge is 0.455 e. The molecule has 1 aromatic heterocycles. The Kier molecular flexibility index (Phi) is 8.57. The van der Waals surface area contributed by atoms with Gasteiger partial charge in [-0.05, 0) is 105 Å². The van der Waals surface area contributed by atoms with Gasteiger partial charge in [0, 0.05) is 38.7 Å². The predicted octanol–water partition coefficient (Wildman–Crippen LogP) is 16.0. The van der Waals surface area contributed by atoms with Crippen molar-refractivity contribution in [1.82, 2.24) is 0 Å². The quantitative estimate of drug-likeness (QED) is 0.154. The Morgan fingerprint density at radius 2 is 1.16 bits per heavy atom. The molecular weight excluding hydrogens is 703 g/mol. The van der Waals surface area contributed by atoms with E-state index in [1.165, 1.54) is 33.4 Å². The highest BCUT2D eigenvalue weighted by Crippen LogP contribution is 2.51. The third-order valence-corrected chi connectivity index (χ3v) is 12.0. The number of furan rings is 1. The van der Waals surface area contributed by atoms with Gasteiger partial charge in [0.1, 0.15) is 11.2 Å². The number of allylic oxidation sites excluding steroid dienone is 1. The Bertz CT molecular complexity index is 3070. The van der Waals surface area contributed by atoms with E-state index in [0.717, 1.165) is 72.4 Å². The maximum Gasteiger partial charge on any atom is 0.143 e. The van der Waals surface area contributed by atoms with E-state index >= 15 is 0 Å². The van der Waals surface area contributed by atoms with Crippen molar-refractivity contribution in [3.63, 3.8) is 0 Å². The molecule has 1 heterocycles. The summed E-state index contributed by atoms with van der Waals surface area (Å²) in [6, 6.07) is 63.7. The van der Waals surface area contributed by atoms with Crippen molar-refractivity contribution < 1.29 is 4.42 Å². The van der Waals surface area contributed by atoms with E-state index in [2.05, 4.69) is 208 Å².